The highest BCUT2D eigenvalue weighted by atomic mass is 16.5. The number of carbonyl (C=O) groups excluding carboxylic acids is 2. The Morgan fingerprint density at radius 3 is 2.63 bits per heavy atom. The third-order valence-electron chi connectivity index (χ3n) is 4.56. The van der Waals surface area contributed by atoms with Crippen molar-refractivity contribution in [2.24, 2.45) is 5.92 Å². The summed E-state index contributed by atoms with van der Waals surface area (Å²) >= 11 is 0. The van der Waals surface area contributed by atoms with E-state index >= 15 is 0 Å². The average molecular weight is 376 g/mol. The van der Waals surface area contributed by atoms with Crippen LogP contribution in [0.3, 0.4) is 0 Å². The predicted molar refractivity (Wildman–Crippen MR) is 101 cm³/mol. The maximum absolute atomic E-state index is 13.0. The monoisotopic (exact) mass is 376 g/mol. The lowest BCUT2D eigenvalue weighted by Gasteiger charge is -2.26. The summed E-state index contributed by atoms with van der Waals surface area (Å²) in [5, 5.41) is 12.0. The van der Waals surface area contributed by atoms with E-state index in [9.17, 15) is 19.5 Å². The normalized spacial score (nSPS) is 17.6. The van der Waals surface area contributed by atoms with Crippen molar-refractivity contribution in [2.45, 2.75) is 52.1 Å². The molecule has 0 spiro atoms. The van der Waals surface area contributed by atoms with Gasteiger partial charge in [0, 0.05) is 6.54 Å². The molecule has 0 saturated carbocycles. The Hall–Kier alpha value is -2.57. The first-order valence-corrected chi connectivity index (χ1v) is 9.41. The van der Waals surface area contributed by atoms with Gasteiger partial charge in [0.1, 0.15) is 17.8 Å². The average Bonchev–Trinajstić information content (AvgIpc) is 3.10. The molecule has 0 aliphatic carbocycles. The van der Waals surface area contributed by atoms with Gasteiger partial charge in [-0.3, -0.25) is 9.59 Å². The molecule has 0 radical (unpaired) electrons. The van der Waals surface area contributed by atoms with Crippen LogP contribution < -0.4 is 10.1 Å². The van der Waals surface area contributed by atoms with Crippen LogP contribution in [0.25, 0.3) is 0 Å². The van der Waals surface area contributed by atoms with Crippen LogP contribution >= 0.6 is 0 Å². The number of aliphatic carboxylic acids is 1. The largest absolute Gasteiger partial charge is 0.493 e. The zero-order chi connectivity index (χ0) is 20.0. The predicted octanol–water partition coefficient (Wildman–Crippen LogP) is 2.31. The minimum absolute atomic E-state index is 0.130. The summed E-state index contributed by atoms with van der Waals surface area (Å²) in [7, 11) is 0. The summed E-state index contributed by atoms with van der Waals surface area (Å²) in [6.07, 6.45) is 1.56. The first-order chi connectivity index (χ1) is 12.8. The van der Waals surface area contributed by atoms with E-state index in [1.807, 2.05) is 20.8 Å². The van der Waals surface area contributed by atoms with Crippen LogP contribution in [0.2, 0.25) is 0 Å². The summed E-state index contributed by atoms with van der Waals surface area (Å²) < 4.78 is 5.53. The van der Waals surface area contributed by atoms with Crippen molar-refractivity contribution in [3.63, 3.8) is 0 Å². The van der Waals surface area contributed by atoms with Gasteiger partial charge in [0.15, 0.2) is 0 Å². The third kappa shape index (κ3) is 5.21. The molecule has 148 valence electrons. The lowest BCUT2D eigenvalue weighted by molar-refractivity contribution is -0.142. The van der Waals surface area contributed by atoms with Crippen LogP contribution in [-0.4, -0.2) is 53.0 Å². The van der Waals surface area contributed by atoms with Crippen molar-refractivity contribution in [2.75, 3.05) is 13.2 Å². The maximum Gasteiger partial charge on any atom is 0.326 e. The number of rotatable bonds is 8. The number of benzene rings is 1. The molecule has 2 rings (SSSR count). The van der Waals surface area contributed by atoms with Gasteiger partial charge < -0.3 is 20.1 Å². The molecular formula is C20H28N2O5. The summed E-state index contributed by atoms with van der Waals surface area (Å²) in [4.78, 5) is 38.6. The van der Waals surface area contributed by atoms with E-state index < -0.39 is 24.0 Å². The molecule has 7 heteroatoms. The Labute approximate surface area is 159 Å². The van der Waals surface area contributed by atoms with E-state index in [0.717, 1.165) is 0 Å². The number of nitrogens with one attached hydrogen (secondary N) is 1. The topological polar surface area (TPSA) is 95.9 Å². The minimum atomic E-state index is -1.06. The minimum Gasteiger partial charge on any atom is -0.493 e. The molecule has 7 nitrogen and oxygen atoms in total. The van der Waals surface area contributed by atoms with Crippen LogP contribution in [0.5, 0.6) is 5.75 Å². The molecular weight excluding hydrogens is 348 g/mol. The van der Waals surface area contributed by atoms with Gasteiger partial charge in [-0.2, -0.15) is 0 Å². The zero-order valence-electron chi connectivity index (χ0n) is 16.1. The molecule has 1 heterocycles. The lowest BCUT2D eigenvalue weighted by Crippen LogP contribution is -2.51. The van der Waals surface area contributed by atoms with Gasteiger partial charge in [0.25, 0.3) is 5.91 Å². The number of hydrogen-bond acceptors (Lipinski definition) is 4. The number of carboxylic acids is 1. The molecule has 1 aliphatic rings. The number of hydrogen-bond donors (Lipinski definition) is 2. The van der Waals surface area contributed by atoms with Crippen LogP contribution in [0.1, 0.15) is 50.4 Å². The molecule has 27 heavy (non-hydrogen) atoms. The van der Waals surface area contributed by atoms with Gasteiger partial charge in [-0.15, -0.1) is 0 Å². The Bertz CT molecular complexity index is 689. The third-order valence-corrected chi connectivity index (χ3v) is 4.56. The van der Waals surface area contributed by atoms with E-state index in [1.165, 1.54) is 4.90 Å². The first-order valence-electron chi connectivity index (χ1n) is 9.41. The fourth-order valence-corrected chi connectivity index (χ4v) is 3.32. The number of likely N-dealkylation sites (tertiary alicyclic amines) is 1. The number of amides is 2. The fourth-order valence-electron chi connectivity index (χ4n) is 3.32. The highest BCUT2D eigenvalue weighted by molar-refractivity contribution is 6.00. The molecule has 1 aromatic carbocycles. The van der Waals surface area contributed by atoms with Crippen molar-refractivity contribution in [3.8, 4) is 5.75 Å². The molecule has 0 aromatic heterocycles. The van der Waals surface area contributed by atoms with Crippen molar-refractivity contribution >= 4 is 17.8 Å². The molecule has 2 amide bonds. The summed E-state index contributed by atoms with van der Waals surface area (Å²) in [6, 6.07) is 5.33. The quantitative estimate of drug-likeness (QED) is 0.726. The zero-order valence-corrected chi connectivity index (χ0v) is 16.1. The smallest absolute Gasteiger partial charge is 0.326 e. The molecule has 0 bridgehead atoms. The number of nitrogens with zero attached hydrogens (tertiary/aromatic N) is 1. The second kappa shape index (κ2) is 9.39. The maximum atomic E-state index is 13.0. The standard InChI is InChI=1S/C20H28N2O5/c1-4-27-17-10-6-5-8-14(17)19(24)22-11-7-9-16(22)18(23)21-15(20(25)26)12-13(2)3/h5-6,8,10,13,15-16H,4,7,9,11-12H2,1-3H3,(H,21,23)(H,25,26)/t15-,16?/m1/s1. The van der Waals surface area contributed by atoms with E-state index in [0.29, 0.717) is 43.7 Å². The molecule has 1 aliphatic heterocycles. The van der Waals surface area contributed by atoms with Crippen molar-refractivity contribution in [1.29, 1.82) is 0 Å². The van der Waals surface area contributed by atoms with Gasteiger partial charge in [0.2, 0.25) is 5.91 Å². The number of carbonyl (C=O) groups is 3. The van der Waals surface area contributed by atoms with Crippen LogP contribution in [0, 0.1) is 5.92 Å². The lowest BCUT2D eigenvalue weighted by atomic mass is 10.0. The molecule has 2 N–H and O–H groups in total. The van der Waals surface area contributed by atoms with Crippen LogP contribution in [0.15, 0.2) is 24.3 Å². The first kappa shape index (κ1) is 20.7. The van der Waals surface area contributed by atoms with Gasteiger partial charge in [0.05, 0.1) is 12.2 Å². The van der Waals surface area contributed by atoms with Crippen molar-refractivity contribution in [3.05, 3.63) is 29.8 Å². The number of ether oxygens (including phenoxy) is 1. The van der Waals surface area contributed by atoms with Crippen LogP contribution in [0.4, 0.5) is 0 Å². The van der Waals surface area contributed by atoms with E-state index in [2.05, 4.69) is 5.32 Å². The molecule has 1 saturated heterocycles. The summed E-state index contributed by atoms with van der Waals surface area (Å²) in [5.41, 5.74) is 0.413. The summed E-state index contributed by atoms with van der Waals surface area (Å²) in [5.74, 6) is -1.13. The van der Waals surface area contributed by atoms with E-state index in [4.69, 9.17) is 4.74 Å². The number of para-hydroxylation sites is 1. The van der Waals surface area contributed by atoms with E-state index in [1.54, 1.807) is 24.3 Å². The fraction of sp³-hybridized carbons (Fsp3) is 0.550. The highest BCUT2D eigenvalue weighted by Crippen LogP contribution is 2.25. The van der Waals surface area contributed by atoms with Gasteiger partial charge in [-0.05, 0) is 44.2 Å². The Morgan fingerprint density at radius 1 is 1.30 bits per heavy atom. The Kier molecular flexibility index (Phi) is 7.21. The molecule has 2 atom stereocenters. The van der Waals surface area contributed by atoms with Crippen molar-refractivity contribution in [1.82, 2.24) is 10.2 Å². The Morgan fingerprint density at radius 2 is 2.00 bits per heavy atom. The van der Waals surface area contributed by atoms with Gasteiger partial charge >= 0.3 is 5.97 Å². The molecule has 1 aromatic rings. The van der Waals surface area contributed by atoms with Crippen LogP contribution in [-0.2, 0) is 9.59 Å². The SMILES string of the molecule is CCOc1ccccc1C(=O)N1CCCC1C(=O)N[C@H](CC(C)C)C(=O)O. The molecule has 1 fully saturated rings. The van der Waals surface area contributed by atoms with Gasteiger partial charge in [-0.25, -0.2) is 4.79 Å². The van der Waals surface area contributed by atoms with Crippen molar-refractivity contribution < 1.29 is 24.2 Å². The highest BCUT2D eigenvalue weighted by Gasteiger charge is 2.37. The van der Waals surface area contributed by atoms with E-state index in [-0.39, 0.29) is 11.8 Å². The van der Waals surface area contributed by atoms with Gasteiger partial charge in [-0.1, -0.05) is 26.0 Å². The summed E-state index contributed by atoms with van der Waals surface area (Å²) in [6.45, 7) is 6.54. The molecule has 1 unspecified atom stereocenters. The Balaban J connectivity index is 2.15. The second-order valence-corrected chi connectivity index (χ2v) is 7.11. The number of carboxylic acid groups (broad SMARTS) is 1. The second-order valence-electron chi connectivity index (χ2n) is 7.11.